The van der Waals surface area contributed by atoms with Crippen molar-refractivity contribution in [2.24, 2.45) is 11.8 Å². The minimum atomic E-state index is 0.609. The second-order valence-electron chi connectivity index (χ2n) is 4.66. The molecule has 14 heavy (non-hydrogen) atoms. The lowest BCUT2D eigenvalue weighted by Gasteiger charge is -2.17. The van der Waals surface area contributed by atoms with E-state index in [9.17, 15) is 0 Å². The van der Waals surface area contributed by atoms with Gasteiger partial charge in [0.15, 0.2) is 0 Å². The van der Waals surface area contributed by atoms with Crippen LogP contribution in [0, 0.1) is 11.8 Å². The molecule has 0 radical (unpaired) electrons. The maximum Gasteiger partial charge on any atom is 0.00469 e. The van der Waals surface area contributed by atoms with E-state index in [1.165, 1.54) is 11.1 Å². The molecule has 1 atom stereocenters. The van der Waals surface area contributed by atoms with Crippen LogP contribution in [0.3, 0.4) is 0 Å². The van der Waals surface area contributed by atoms with Crippen LogP contribution in [0.25, 0.3) is 0 Å². The van der Waals surface area contributed by atoms with E-state index in [1.807, 2.05) is 0 Å². The molecule has 0 aromatic rings. The Morgan fingerprint density at radius 2 is 2.07 bits per heavy atom. The van der Waals surface area contributed by atoms with Crippen LogP contribution in [0.2, 0.25) is 0 Å². The molecule has 0 heterocycles. The van der Waals surface area contributed by atoms with Crippen LogP contribution in [-0.2, 0) is 0 Å². The highest BCUT2D eigenvalue weighted by Crippen LogP contribution is 2.36. The summed E-state index contributed by atoms with van der Waals surface area (Å²) in [7, 11) is 0. The van der Waals surface area contributed by atoms with Gasteiger partial charge in [-0.2, -0.15) is 0 Å². The fourth-order valence-corrected chi connectivity index (χ4v) is 2.32. The van der Waals surface area contributed by atoms with E-state index in [1.54, 1.807) is 5.57 Å². The Hall–Kier alpha value is -1.04. The summed E-state index contributed by atoms with van der Waals surface area (Å²) < 4.78 is 0. The first-order valence-corrected chi connectivity index (χ1v) is 5.43. The average molecular weight is 186 g/mol. The van der Waals surface area contributed by atoms with Gasteiger partial charge in [0, 0.05) is 5.92 Å². The van der Waals surface area contributed by atoms with Crippen LogP contribution < -0.4 is 0 Å². The Labute approximate surface area is 86.7 Å². The number of allylic oxidation sites excluding steroid dienone is 8. The number of rotatable bonds is 1. The van der Waals surface area contributed by atoms with Crippen molar-refractivity contribution in [3.05, 3.63) is 47.1 Å². The molecule has 2 aliphatic rings. The standard InChI is InChI=1S/C14H18/c1-10(2)13-7-5-4-6-12-8-11(3)9-14(12)13/h4-7,9-10,13H,8H2,1-3H3. The SMILES string of the molecule is CC1=CC2=C(C=CC=CC2C(C)C)C1. The third kappa shape index (κ3) is 1.61. The summed E-state index contributed by atoms with van der Waals surface area (Å²) in [5, 5.41) is 0. The minimum absolute atomic E-state index is 0.609. The van der Waals surface area contributed by atoms with E-state index in [0.717, 1.165) is 6.42 Å². The molecule has 0 aromatic carbocycles. The average Bonchev–Trinajstić information content (AvgIpc) is 2.35. The van der Waals surface area contributed by atoms with Crippen molar-refractivity contribution in [3.8, 4) is 0 Å². The van der Waals surface area contributed by atoms with Crippen molar-refractivity contribution in [2.45, 2.75) is 27.2 Å². The molecule has 0 spiro atoms. The first kappa shape index (κ1) is 9.51. The lowest BCUT2D eigenvalue weighted by atomic mass is 9.87. The highest BCUT2D eigenvalue weighted by Gasteiger charge is 2.21. The van der Waals surface area contributed by atoms with Crippen LogP contribution >= 0.6 is 0 Å². The first-order chi connectivity index (χ1) is 6.68. The largest absolute Gasteiger partial charge is 0.0767 e. The summed E-state index contributed by atoms with van der Waals surface area (Å²) in [5.41, 5.74) is 4.56. The second kappa shape index (κ2) is 3.61. The van der Waals surface area contributed by atoms with Gasteiger partial charge in [0.1, 0.15) is 0 Å². The van der Waals surface area contributed by atoms with Crippen LogP contribution in [-0.4, -0.2) is 0 Å². The first-order valence-electron chi connectivity index (χ1n) is 5.43. The lowest BCUT2D eigenvalue weighted by molar-refractivity contribution is 0.533. The van der Waals surface area contributed by atoms with Gasteiger partial charge < -0.3 is 0 Å². The predicted octanol–water partition coefficient (Wildman–Crippen LogP) is 4.03. The molecule has 0 fully saturated rings. The molecule has 0 N–H and O–H groups in total. The van der Waals surface area contributed by atoms with E-state index >= 15 is 0 Å². The molecule has 0 aliphatic heterocycles. The Balaban J connectivity index is 2.38. The Morgan fingerprint density at radius 3 is 2.79 bits per heavy atom. The number of hydrogen-bond donors (Lipinski definition) is 0. The van der Waals surface area contributed by atoms with E-state index in [4.69, 9.17) is 0 Å². The van der Waals surface area contributed by atoms with Crippen molar-refractivity contribution in [2.75, 3.05) is 0 Å². The van der Waals surface area contributed by atoms with Crippen molar-refractivity contribution >= 4 is 0 Å². The predicted molar refractivity (Wildman–Crippen MR) is 62.0 cm³/mol. The molecule has 0 bridgehead atoms. The molecule has 2 rings (SSSR count). The molecule has 0 nitrogen and oxygen atoms in total. The van der Waals surface area contributed by atoms with Gasteiger partial charge in [0.2, 0.25) is 0 Å². The molecular formula is C14H18. The molecule has 2 aliphatic carbocycles. The van der Waals surface area contributed by atoms with Gasteiger partial charge in [-0.25, -0.2) is 0 Å². The zero-order valence-corrected chi connectivity index (χ0v) is 9.25. The Morgan fingerprint density at radius 1 is 1.29 bits per heavy atom. The van der Waals surface area contributed by atoms with Crippen LogP contribution in [0.1, 0.15) is 27.2 Å². The molecule has 0 saturated carbocycles. The third-order valence-corrected chi connectivity index (χ3v) is 3.05. The van der Waals surface area contributed by atoms with Gasteiger partial charge in [0.25, 0.3) is 0 Å². The van der Waals surface area contributed by atoms with Crippen molar-refractivity contribution in [1.82, 2.24) is 0 Å². The van der Waals surface area contributed by atoms with Gasteiger partial charge in [0.05, 0.1) is 0 Å². The maximum atomic E-state index is 2.38. The van der Waals surface area contributed by atoms with Gasteiger partial charge in [-0.15, -0.1) is 0 Å². The molecule has 0 saturated heterocycles. The van der Waals surface area contributed by atoms with Crippen molar-refractivity contribution < 1.29 is 0 Å². The second-order valence-corrected chi connectivity index (χ2v) is 4.66. The molecule has 74 valence electrons. The highest BCUT2D eigenvalue weighted by molar-refractivity contribution is 5.48. The summed E-state index contributed by atoms with van der Waals surface area (Å²) in [4.78, 5) is 0. The summed E-state index contributed by atoms with van der Waals surface area (Å²) in [5.74, 6) is 1.30. The zero-order valence-electron chi connectivity index (χ0n) is 9.25. The van der Waals surface area contributed by atoms with E-state index < -0.39 is 0 Å². The van der Waals surface area contributed by atoms with E-state index in [2.05, 4.69) is 51.2 Å². The highest BCUT2D eigenvalue weighted by atomic mass is 14.3. The third-order valence-electron chi connectivity index (χ3n) is 3.05. The summed E-state index contributed by atoms with van der Waals surface area (Å²) in [6.45, 7) is 6.82. The molecule has 0 amide bonds. The van der Waals surface area contributed by atoms with E-state index in [-0.39, 0.29) is 0 Å². The summed E-state index contributed by atoms with van der Waals surface area (Å²) >= 11 is 0. The fourth-order valence-electron chi connectivity index (χ4n) is 2.32. The fraction of sp³-hybridized carbons (Fsp3) is 0.429. The van der Waals surface area contributed by atoms with Gasteiger partial charge in [-0.05, 0) is 30.4 Å². The quantitative estimate of drug-likeness (QED) is 0.580. The molecule has 1 unspecified atom stereocenters. The van der Waals surface area contributed by atoms with Gasteiger partial charge >= 0.3 is 0 Å². The van der Waals surface area contributed by atoms with Gasteiger partial charge in [-0.1, -0.05) is 49.8 Å². The lowest BCUT2D eigenvalue weighted by Crippen LogP contribution is -2.07. The van der Waals surface area contributed by atoms with Crippen LogP contribution in [0.4, 0.5) is 0 Å². The van der Waals surface area contributed by atoms with E-state index in [0.29, 0.717) is 11.8 Å². The Bertz CT molecular complexity index is 348. The molecule has 0 heteroatoms. The van der Waals surface area contributed by atoms with Crippen molar-refractivity contribution in [3.63, 3.8) is 0 Å². The topological polar surface area (TPSA) is 0 Å². The van der Waals surface area contributed by atoms with Crippen LogP contribution in [0.5, 0.6) is 0 Å². The summed E-state index contributed by atoms with van der Waals surface area (Å²) in [6, 6.07) is 0. The smallest absolute Gasteiger partial charge is 0.00469 e. The normalized spacial score (nSPS) is 25.4. The molecule has 0 aromatic heterocycles. The Kier molecular flexibility index (Phi) is 2.45. The molecular weight excluding hydrogens is 168 g/mol. The maximum absolute atomic E-state index is 2.38. The van der Waals surface area contributed by atoms with Gasteiger partial charge in [-0.3, -0.25) is 0 Å². The minimum Gasteiger partial charge on any atom is -0.0767 e. The summed E-state index contributed by atoms with van der Waals surface area (Å²) in [6.07, 6.45) is 12.5. The zero-order chi connectivity index (χ0) is 10.1. The van der Waals surface area contributed by atoms with Crippen molar-refractivity contribution in [1.29, 1.82) is 0 Å². The number of hydrogen-bond acceptors (Lipinski definition) is 0. The monoisotopic (exact) mass is 186 g/mol. The van der Waals surface area contributed by atoms with Crippen LogP contribution in [0.15, 0.2) is 47.1 Å².